The minimum Gasteiger partial charge on any atom is -0.378 e. The predicted octanol–water partition coefficient (Wildman–Crippen LogP) is 5.88. The Morgan fingerprint density at radius 1 is 0.967 bits per heavy atom. The first kappa shape index (κ1) is 20.6. The normalized spacial score (nSPS) is 11.3. The third-order valence-corrected chi connectivity index (χ3v) is 5.70. The summed E-state index contributed by atoms with van der Waals surface area (Å²) in [4.78, 5) is 20.2. The van der Waals surface area contributed by atoms with E-state index in [1.54, 1.807) is 16.7 Å². The van der Waals surface area contributed by atoms with Gasteiger partial charge in [-0.05, 0) is 88.8 Å². The highest BCUT2D eigenvalue weighted by Gasteiger charge is 2.12. The van der Waals surface area contributed by atoms with Gasteiger partial charge in [-0.15, -0.1) is 0 Å². The molecule has 0 saturated heterocycles. The molecular formula is C24H19ClIN3O. The fourth-order valence-corrected chi connectivity index (χ4v) is 3.80. The van der Waals surface area contributed by atoms with Gasteiger partial charge in [-0.2, -0.15) is 0 Å². The minimum atomic E-state index is -0.108. The van der Waals surface area contributed by atoms with Gasteiger partial charge in [-0.25, -0.2) is 4.98 Å². The Morgan fingerprint density at radius 3 is 2.33 bits per heavy atom. The maximum atomic E-state index is 13.4. The largest absolute Gasteiger partial charge is 0.378 e. The number of hydrogen-bond acceptors (Lipinski definition) is 3. The summed E-state index contributed by atoms with van der Waals surface area (Å²) in [5, 5.41) is 1.21. The second kappa shape index (κ2) is 8.62. The van der Waals surface area contributed by atoms with Crippen LogP contribution in [0.5, 0.6) is 0 Å². The zero-order valence-corrected chi connectivity index (χ0v) is 19.4. The van der Waals surface area contributed by atoms with Gasteiger partial charge < -0.3 is 4.90 Å². The van der Waals surface area contributed by atoms with Crippen LogP contribution in [0.2, 0.25) is 5.02 Å². The number of aromatic nitrogens is 2. The second-order valence-corrected chi connectivity index (χ2v) is 8.75. The first-order valence-electron chi connectivity index (χ1n) is 9.36. The van der Waals surface area contributed by atoms with E-state index in [1.807, 2.05) is 68.7 Å². The van der Waals surface area contributed by atoms with Gasteiger partial charge in [-0.3, -0.25) is 9.36 Å². The fourth-order valence-electron chi connectivity index (χ4n) is 3.18. The summed E-state index contributed by atoms with van der Waals surface area (Å²) >= 11 is 8.25. The molecule has 0 aliphatic rings. The molecule has 1 aromatic heterocycles. The van der Waals surface area contributed by atoms with Crippen molar-refractivity contribution in [2.45, 2.75) is 0 Å². The molecule has 30 heavy (non-hydrogen) atoms. The zero-order chi connectivity index (χ0) is 21.3. The Morgan fingerprint density at radius 2 is 1.67 bits per heavy atom. The van der Waals surface area contributed by atoms with E-state index in [2.05, 4.69) is 39.6 Å². The molecule has 3 aromatic carbocycles. The molecule has 1 heterocycles. The summed E-state index contributed by atoms with van der Waals surface area (Å²) in [5.41, 5.74) is 3.45. The zero-order valence-electron chi connectivity index (χ0n) is 16.5. The highest BCUT2D eigenvalue weighted by molar-refractivity contribution is 14.1. The summed E-state index contributed by atoms with van der Waals surface area (Å²) in [6.45, 7) is 0. The van der Waals surface area contributed by atoms with Gasteiger partial charge in [0.2, 0.25) is 0 Å². The van der Waals surface area contributed by atoms with Crippen molar-refractivity contribution in [3.05, 3.63) is 97.1 Å². The number of halogens is 2. The smallest absolute Gasteiger partial charge is 0.266 e. The predicted molar refractivity (Wildman–Crippen MR) is 135 cm³/mol. The van der Waals surface area contributed by atoms with Crippen molar-refractivity contribution in [1.82, 2.24) is 9.55 Å². The summed E-state index contributed by atoms with van der Waals surface area (Å²) in [5.74, 6) is 0.563. The van der Waals surface area contributed by atoms with Crippen LogP contribution in [0.4, 0.5) is 5.69 Å². The topological polar surface area (TPSA) is 38.1 Å². The van der Waals surface area contributed by atoms with Gasteiger partial charge in [0.15, 0.2) is 0 Å². The Hall–Kier alpha value is -2.64. The molecule has 0 bridgehead atoms. The van der Waals surface area contributed by atoms with Crippen LogP contribution >= 0.6 is 34.2 Å². The Kier molecular flexibility index (Phi) is 5.92. The first-order valence-corrected chi connectivity index (χ1v) is 10.8. The first-order chi connectivity index (χ1) is 14.4. The summed E-state index contributed by atoms with van der Waals surface area (Å²) in [6.07, 6.45) is 3.84. The molecule has 0 aliphatic carbocycles. The van der Waals surface area contributed by atoms with Gasteiger partial charge >= 0.3 is 0 Å². The number of anilines is 1. The molecule has 0 radical (unpaired) electrons. The van der Waals surface area contributed by atoms with Gasteiger partial charge in [-0.1, -0.05) is 29.8 Å². The number of nitrogens with zero attached hydrogens (tertiary/aromatic N) is 3. The SMILES string of the molecule is CN(C)c1ccc(C=Cc2nc3ccc(I)cc3c(=O)n2-c2ccc(Cl)cc2)cc1. The maximum absolute atomic E-state index is 13.4. The van der Waals surface area contributed by atoms with Gasteiger partial charge in [0.05, 0.1) is 16.6 Å². The number of rotatable bonds is 4. The Bertz CT molecular complexity index is 1290. The van der Waals surface area contributed by atoms with Crippen molar-refractivity contribution in [3.8, 4) is 5.69 Å². The standard InChI is InChI=1S/C24H19ClIN3O/c1-28(2)19-9-3-16(4-10-19)5-14-23-27-22-13-8-18(26)15-21(22)24(30)29(23)20-11-6-17(25)7-12-20/h3-15H,1-2H3. The lowest BCUT2D eigenvalue weighted by molar-refractivity contribution is 0.944. The average molecular weight is 528 g/mol. The Balaban J connectivity index is 1.87. The highest BCUT2D eigenvalue weighted by atomic mass is 127. The lowest BCUT2D eigenvalue weighted by atomic mass is 10.1. The number of hydrogen-bond donors (Lipinski definition) is 0. The van der Waals surface area contributed by atoms with E-state index in [0.717, 1.165) is 20.5 Å². The van der Waals surface area contributed by atoms with E-state index < -0.39 is 0 Å². The van der Waals surface area contributed by atoms with E-state index in [4.69, 9.17) is 16.6 Å². The van der Waals surface area contributed by atoms with Crippen molar-refractivity contribution < 1.29 is 0 Å². The average Bonchev–Trinajstić information content (AvgIpc) is 2.74. The fraction of sp³-hybridized carbons (Fsp3) is 0.0833. The van der Waals surface area contributed by atoms with Gasteiger partial charge in [0.1, 0.15) is 5.82 Å². The summed E-state index contributed by atoms with van der Waals surface area (Å²) in [6, 6.07) is 21.1. The van der Waals surface area contributed by atoms with Crippen LogP contribution in [0.15, 0.2) is 71.5 Å². The van der Waals surface area contributed by atoms with E-state index >= 15 is 0 Å². The quantitative estimate of drug-likeness (QED) is 0.311. The van der Waals surface area contributed by atoms with Crippen molar-refractivity contribution in [3.63, 3.8) is 0 Å². The monoisotopic (exact) mass is 527 g/mol. The molecule has 0 N–H and O–H groups in total. The second-order valence-electron chi connectivity index (χ2n) is 7.07. The van der Waals surface area contributed by atoms with Crippen LogP contribution < -0.4 is 10.5 Å². The lowest BCUT2D eigenvalue weighted by Crippen LogP contribution is -2.22. The molecule has 4 aromatic rings. The van der Waals surface area contributed by atoms with Gasteiger partial charge in [0, 0.05) is 28.4 Å². The van der Waals surface area contributed by atoms with Crippen LogP contribution in [0.3, 0.4) is 0 Å². The summed E-state index contributed by atoms with van der Waals surface area (Å²) in [7, 11) is 4.02. The molecule has 0 spiro atoms. The van der Waals surface area contributed by atoms with Crippen LogP contribution in [-0.2, 0) is 0 Å². The molecule has 150 valence electrons. The molecule has 0 aliphatic heterocycles. The van der Waals surface area contributed by atoms with Crippen molar-refractivity contribution in [1.29, 1.82) is 0 Å². The minimum absolute atomic E-state index is 0.108. The molecule has 0 saturated carbocycles. The van der Waals surface area contributed by atoms with Crippen LogP contribution in [0.1, 0.15) is 11.4 Å². The molecule has 4 rings (SSSR count). The number of benzene rings is 3. The lowest BCUT2D eigenvalue weighted by Gasteiger charge is -2.12. The maximum Gasteiger partial charge on any atom is 0.266 e. The van der Waals surface area contributed by atoms with Crippen LogP contribution in [0.25, 0.3) is 28.7 Å². The van der Waals surface area contributed by atoms with E-state index in [0.29, 0.717) is 21.7 Å². The Labute approximate surface area is 193 Å². The van der Waals surface area contributed by atoms with Gasteiger partial charge in [0.25, 0.3) is 5.56 Å². The highest BCUT2D eigenvalue weighted by Crippen LogP contribution is 2.20. The van der Waals surface area contributed by atoms with Crippen molar-refractivity contribution in [2.75, 3.05) is 19.0 Å². The summed E-state index contributed by atoms with van der Waals surface area (Å²) < 4.78 is 2.62. The molecule has 0 amide bonds. The third kappa shape index (κ3) is 4.27. The van der Waals surface area contributed by atoms with Crippen LogP contribution in [-0.4, -0.2) is 23.6 Å². The molecule has 6 heteroatoms. The molecule has 4 nitrogen and oxygen atoms in total. The molecule has 0 fully saturated rings. The molecular weight excluding hydrogens is 509 g/mol. The van der Waals surface area contributed by atoms with E-state index in [9.17, 15) is 4.79 Å². The third-order valence-electron chi connectivity index (χ3n) is 4.78. The molecule has 0 atom stereocenters. The number of fused-ring (bicyclic) bond motifs is 1. The molecule has 0 unspecified atom stereocenters. The van der Waals surface area contributed by atoms with Crippen molar-refractivity contribution in [2.24, 2.45) is 0 Å². The van der Waals surface area contributed by atoms with E-state index in [-0.39, 0.29) is 5.56 Å². The van der Waals surface area contributed by atoms with E-state index in [1.165, 1.54) is 0 Å². The van der Waals surface area contributed by atoms with Crippen molar-refractivity contribution >= 4 is 62.9 Å². The van der Waals surface area contributed by atoms with Crippen LogP contribution in [0, 0.1) is 3.57 Å².